The number of nitrogens with two attached hydrogens (primary N) is 1. The normalized spacial score (nSPS) is 22.7. The van der Waals surface area contributed by atoms with Crippen molar-refractivity contribution in [3.05, 3.63) is 0 Å². The van der Waals surface area contributed by atoms with E-state index in [0.29, 0.717) is 0 Å². The van der Waals surface area contributed by atoms with E-state index in [2.05, 4.69) is 0 Å². The Bertz CT molecular complexity index is 226. The first-order valence-electron chi connectivity index (χ1n) is 4.73. The molecule has 1 rings (SSSR count). The maximum atomic E-state index is 12.8. The molecule has 0 aromatic heterocycles. The van der Waals surface area contributed by atoms with Crippen LogP contribution in [0.3, 0.4) is 0 Å². The molecule has 0 aromatic rings. The zero-order valence-corrected chi connectivity index (χ0v) is 9.41. The van der Waals surface area contributed by atoms with Crippen molar-refractivity contribution in [3.8, 4) is 0 Å². The number of esters is 1. The van der Waals surface area contributed by atoms with Crippen LogP contribution in [-0.2, 0) is 9.53 Å². The van der Waals surface area contributed by atoms with Gasteiger partial charge in [-0.05, 0) is 19.8 Å². The van der Waals surface area contributed by atoms with Crippen molar-refractivity contribution in [1.82, 2.24) is 0 Å². The van der Waals surface area contributed by atoms with Crippen LogP contribution in [0.25, 0.3) is 0 Å². The largest absolute Gasteiger partial charge is 0.465 e. The lowest BCUT2D eigenvalue weighted by atomic mass is 9.81. The molecule has 0 amide bonds. The van der Waals surface area contributed by atoms with E-state index in [1.807, 2.05) is 0 Å². The molecular formula is C9H16ClF2NO2. The summed E-state index contributed by atoms with van der Waals surface area (Å²) in [6, 6.07) is 0. The Morgan fingerprint density at radius 1 is 1.33 bits per heavy atom. The van der Waals surface area contributed by atoms with Crippen molar-refractivity contribution in [2.24, 2.45) is 5.73 Å². The molecule has 0 radical (unpaired) electrons. The van der Waals surface area contributed by atoms with Gasteiger partial charge >= 0.3 is 5.97 Å². The molecule has 90 valence electrons. The highest BCUT2D eigenvalue weighted by molar-refractivity contribution is 5.85. The Kier molecular flexibility index (Phi) is 4.93. The van der Waals surface area contributed by atoms with Gasteiger partial charge < -0.3 is 10.5 Å². The first-order chi connectivity index (χ1) is 6.40. The van der Waals surface area contributed by atoms with Crippen LogP contribution < -0.4 is 5.73 Å². The summed E-state index contributed by atoms with van der Waals surface area (Å²) in [6.07, 6.45) is -0.664. The molecule has 0 atom stereocenters. The van der Waals surface area contributed by atoms with Crippen LogP contribution in [0, 0.1) is 0 Å². The number of halogens is 3. The summed E-state index contributed by atoms with van der Waals surface area (Å²) in [6.45, 7) is 1.90. The van der Waals surface area contributed by atoms with E-state index in [9.17, 15) is 13.6 Å². The third-order valence-corrected chi connectivity index (χ3v) is 2.56. The van der Waals surface area contributed by atoms with E-state index >= 15 is 0 Å². The van der Waals surface area contributed by atoms with Crippen LogP contribution in [0.1, 0.15) is 32.6 Å². The summed E-state index contributed by atoms with van der Waals surface area (Å²) >= 11 is 0. The Morgan fingerprint density at radius 3 is 2.20 bits per heavy atom. The van der Waals surface area contributed by atoms with Crippen LogP contribution in [0.4, 0.5) is 8.78 Å². The van der Waals surface area contributed by atoms with Crippen LogP contribution in [0.5, 0.6) is 0 Å². The molecule has 3 nitrogen and oxygen atoms in total. The standard InChI is InChI=1S/C9H15F2NO2.ClH/c1-2-14-7(13)8(12)3-5-9(10,11)6-4-8;/h2-6,12H2,1H3;1H. The Morgan fingerprint density at radius 2 is 1.80 bits per heavy atom. The van der Waals surface area contributed by atoms with E-state index in [1.54, 1.807) is 6.92 Å². The molecule has 0 bridgehead atoms. The Balaban J connectivity index is 0.00000196. The predicted molar refractivity (Wildman–Crippen MR) is 54.2 cm³/mol. The van der Waals surface area contributed by atoms with Gasteiger partial charge in [0.1, 0.15) is 5.54 Å². The fraction of sp³-hybridized carbons (Fsp3) is 0.889. The minimum absolute atomic E-state index is 0. The molecule has 0 heterocycles. The van der Waals surface area contributed by atoms with E-state index in [1.165, 1.54) is 0 Å². The molecule has 15 heavy (non-hydrogen) atoms. The highest BCUT2D eigenvalue weighted by Gasteiger charge is 2.46. The van der Waals surface area contributed by atoms with Gasteiger partial charge in [-0.2, -0.15) is 0 Å². The molecule has 0 aromatic carbocycles. The van der Waals surface area contributed by atoms with Crippen molar-refractivity contribution in [3.63, 3.8) is 0 Å². The zero-order chi connectivity index (χ0) is 10.8. The second-order valence-corrected chi connectivity index (χ2v) is 3.73. The second-order valence-electron chi connectivity index (χ2n) is 3.73. The van der Waals surface area contributed by atoms with E-state index < -0.39 is 17.4 Å². The predicted octanol–water partition coefficient (Wildman–Crippen LogP) is 1.88. The molecule has 0 unspecified atom stereocenters. The fourth-order valence-corrected chi connectivity index (χ4v) is 1.54. The Hall–Kier alpha value is -0.420. The van der Waals surface area contributed by atoms with Gasteiger partial charge in [-0.1, -0.05) is 0 Å². The van der Waals surface area contributed by atoms with Crippen molar-refractivity contribution in [2.45, 2.75) is 44.1 Å². The molecule has 0 spiro atoms. The van der Waals surface area contributed by atoms with Crippen molar-refractivity contribution in [1.29, 1.82) is 0 Å². The lowest BCUT2D eigenvalue weighted by Gasteiger charge is -2.34. The summed E-state index contributed by atoms with van der Waals surface area (Å²) in [5.74, 6) is -3.23. The van der Waals surface area contributed by atoms with Crippen LogP contribution in [-0.4, -0.2) is 24.0 Å². The lowest BCUT2D eigenvalue weighted by Crippen LogP contribution is -2.53. The van der Waals surface area contributed by atoms with Gasteiger partial charge in [0.05, 0.1) is 6.61 Å². The summed E-state index contributed by atoms with van der Waals surface area (Å²) < 4.78 is 30.3. The second kappa shape index (κ2) is 5.07. The number of alkyl halides is 2. The molecule has 1 saturated carbocycles. The number of rotatable bonds is 2. The third kappa shape index (κ3) is 3.57. The number of hydrogen-bond donors (Lipinski definition) is 1. The topological polar surface area (TPSA) is 52.3 Å². The summed E-state index contributed by atoms with van der Waals surface area (Å²) in [4.78, 5) is 11.3. The minimum Gasteiger partial charge on any atom is -0.465 e. The average molecular weight is 244 g/mol. The SMILES string of the molecule is CCOC(=O)C1(N)CCC(F)(F)CC1.Cl. The molecule has 0 saturated heterocycles. The van der Waals surface area contributed by atoms with Crippen LogP contribution in [0.2, 0.25) is 0 Å². The van der Waals surface area contributed by atoms with Gasteiger partial charge in [0.2, 0.25) is 5.92 Å². The van der Waals surface area contributed by atoms with Gasteiger partial charge in [0.25, 0.3) is 0 Å². The van der Waals surface area contributed by atoms with Gasteiger partial charge in [-0.25, -0.2) is 8.78 Å². The van der Waals surface area contributed by atoms with Crippen LogP contribution >= 0.6 is 12.4 Å². The molecule has 2 N–H and O–H groups in total. The van der Waals surface area contributed by atoms with E-state index in [4.69, 9.17) is 10.5 Å². The summed E-state index contributed by atoms with van der Waals surface area (Å²) in [7, 11) is 0. The molecule has 1 fully saturated rings. The van der Waals surface area contributed by atoms with Crippen molar-refractivity contribution >= 4 is 18.4 Å². The van der Waals surface area contributed by atoms with Crippen molar-refractivity contribution < 1.29 is 18.3 Å². The maximum absolute atomic E-state index is 12.8. The van der Waals surface area contributed by atoms with E-state index in [0.717, 1.165) is 0 Å². The maximum Gasteiger partial charge on any atom is 0.326 e. The van der Waals surface area contributed by atoms with Crippen LogP contribution in [0.15, 0.2) is 0 Å². The first-order valence-corrected chi connectivity index (χ1v) is 4.73. The molecule has 6 heteroatoms. The summed E-state index contributed by atoms with van der Waals surface area (Å²) in [5, 5.41) is 0. The fourth-order valence-electron chi connectivity index (χ4n) is 1.54. The van der Waals surface area contributed by atoms with Crippen molar-refractivity contribution in [2.75, 3.05) is 6.61 Å². The van der Waals surface area contributed by atoms with Gasteiger partial charge in [-0.3, -0.25) is 4.79 Å². The molecule has 1 aliphatic carbocycles. The monoisotopic (exact) mass is 243 g/mol. The zero-order valence-electron chi connectivity index (χ0n) is 8.59. The highest BCUT2D eigenvalue weighted by atomic mass is 35.5. The smallest absolute Gasteiger partial charge is 0.326 e. The highest BCUT2D eigenvalue weighted by Crippen LogP contribution is 2.37. The Labute approximate surface area is 93.8 Å². The summed E-state index contributed by atoms with van der Waals surface area (Å²) in [5.41, 5.74) is 4.51. The number of carbonyl (C=O) groups is 1. The van der Waals surface area contributed by atoms with Gasteiger partial charge in [-0.15, -0.1) is 12.4 Å². The first kappa shape index (κ1) is 14.6. The lowest BCUT2D eigenvalue weighted by molar-refractivity contribution is -0.154. The third-order valence-electron chi connectivity index (χ3n) is 2.56. The van der Waals surface area contributed by atoms with Gasteiger partial charge in [0, 0.05) is 12.8 Å². The van der Waals surface area contributed by atoms with Gasteiger partial charge in [0.15, 0.2) is 0 Å². The number of hydrogen-bond acceptors (Lipinski definition) is 3. The number of carbonyl (C=O) groups excluding carboxylic acids is 1. The quantitative estimate of drug-likeness (QED) is 0.754. The number of ether oxygens (including phenoxy) is 1. The van der Waals surface area contributed by atoms with E-state index in [-0.39, 0.29) is 44.7 Å². The molecular weight excluding hydrogens is 228 g/mol. The molecule has 1 aliphatic rings. The minimum atomic E-state index is -2.67. The average Bonchev–Trinajstić information content (AvgIpc) is 2.11. The molecule has 0 aliphatic heterocycles.